The Labute approximate surface area is 104 Å². The second-order valence-corrected chi connectivity index (χ2v) is 3.86. The molecule has 0 saturated heterocycles. The van der Waals surface area contributed by atoms with Crippen molar-refractivity contribution in [2.24, 2.45) is 0 Å². The van der Waals surface area contributed by atoms with Gasteiger partial charge in [0.05, 0.1) is 6.20 Å². The van der Waals surface area contributed by atoms with Crippen LogP contribution < -0.4 is 5.32 Å². The smallest absolute Gasteiger partial charge is 0.152 e. The first-order valence-corrected chi connectivity index (χ1v) is 5.33. The highest BCUT2D eigenvalue weighted by atomic mass is 35.5. The summed E-state index contributed by atoms with van der Waals surface area (Å²) >= 11 is 5.88. The predicted octanol–water partition coefficient (Wildman–Crippen LogP) is 3.05. The summed E-state index contributed by atoms with van der Waals surface area (Å²) in [4.78, 5) is 8.15. The highest BCUT2D eigenvalue weighted by molar-refractivity contribution is 6.30. The van der Waals surface area contributed by atoms with Gasteiger partial charge in [0.25, 0.3) is 0 Å². The fourth-order valence-corrected chi connectivity index (χ4v) is 1.54. The normalized spacial score (nSPS) is 9.71. The zero-order chi connectivity index (χ0) is 12.3. The maximum Gasteiger partial charge on any atom is 0.152 e. The van der Waals surface area contributed by atoms with Gasteiger partial charge in [-0.3, -0.25) is 0 Å². The quantitative estimate of drug-likeness (QED) is 0.882. The molecule has 84 valence electrons. The van der Waals surface area contributed by atoms with E-state index in [-0.39, 0.29) is 0 Å². The Morgan fingerprint density at radius 1 is 1.41 bits per heavy atom. The summed E-state index contributed by atoms with van der Waals surface area (Å²) in [7, 11) is 0. The fourth-order valence-electron chi connectivity index (χ4n) is 1.35. The van der Waals surface area contributed by atoms with Crippen LogP contribution >= 0.6 is 11.6 Å². The van der Waals surface area contributed by atoms with E-state index in [4.69, 9.17) is 16.9 Å². The molecule has 0 amide bonds. The van der Waals surface area contributed by atoms with Crippen LogP contribution in [0.15, 0.2) is 30.5 Å². The van der Waals surface area contributed by atoms with Crippen molar-refractivity contribution in [2.75, 3.05) is 5.32 Å². The van der Waals surface area contributed by atoms with Crippen LogP contribution in [0.3, 0.4) is 0 Å². The number of nitrogens with zero attached hydrogens (tertiary/aromatic N) is 3. The summed E-state index contributed by atoms with van der Waals surface area (Å²) in [6.07, 6.45) is 1.50. The number of aryl methyl sites for hydroxylation is 1. The molecular weight excluding hydrogens is 236 g/mol. The van der Waals surface area contributed by atoms with Crippen molar-refractivity contribution >= 4 is 23.1 Å². The van der Waals surface area contributed by atoms with E-state index in [1.54, 1.807) is 19.1 Å². The van der Waals surface area contributed by atoms with Crippen molar-refractivity contribution in [1.82, 2.24) is 9.97 Å². The van der Waals surface area contributed by atoms with Gasteiger partial charge in [-0.15, -0.1) is 0 Å². The number of hydrogen-bond acceptors (Lipinski definition) is 4. The summed E-state index contributed by atoms with van der Waals surface area (Å²) in [5.41, 5.74) is 1.18. The van der Waals surface area contributed by atoms with E-state index in [0.29, 0.717) is 22.2 Å². The number of halogens is 1. The minimum atomic E-state index is 0.399. The Morgan fingerprint density at radius 2 is 2.24 bits per heavy atom. The number of nitriles is 1. The van der Waals surface area contributed by atoms with Gasteiger partial charge in [-0.25, -0.2) is 9.97 Å². The van der Waals surface area contributed by atoms with Crippen LogP contribution in [0.25, 0.3) is 0 Å². The minimum Gasteiger partial charge on any atom is -0.339 e. The van der Waals surface area contributed by atoms with Gasteiger partial charge < -0.3 is 5.32 Å². The molecule has 2 rings (SSSR count). The lowest BCUT2D eigenvalue weighted by Crippen LogP contribution is -2.00. The molecule has 0 aliphatic carbocycles. The highest BCUT2D eigenvalue weighted by Crippen LogP contribution is 2.20. The maximum absolute atomic E-state index is 8.95. The number of benzene rings is 1. The van der Waals surface area contributed by atoms with Crippen LogP contribution in [-0.4, -0.2) is 9.97 Å². The summed E-state index contributed by atoms with van der Waals surface area (Å²) in [6, 6.07) is 9.26. The summed E-state index contributed by atoms with van der Waals surface area (Å²) < 4.78 is 0. The van der Waals surface area contributed by atoms with Crippen LogP contribution in [0.4, 0.5) is 11.5 Å². The number of anilines is 2. The Morgan fingerprint density at radius 3 is 2.94 bits per heavy atom. The molecule has 0 radical (unpaired) electrons. The van der Waals surface area contributed by atoms with Crippen molar-refractivity contribution < 1.29 is 0 Å². The van der Waals surface area contributed by atoms with E-state index < -0.39 is 0 Å². The standard InChI is InChI=1S/C12H9ClN4/c1-8-15-7-9(6-14)12(16-8)17-11-4-2-3-10(13)5-11/h2-5,7H,1H3,(H,15,16,17). The van der Waals surface area contributed by atoms with Gasteiger partial charge in [0.2, 0.25) is 0 Å². The highest BCUT2D eigenvalue weighted by Gasteiger charge is 2.05. The second-order valence-electron chi connectivity index (χ2n) is 3.43. The molecule has 0 spiro atoms. The lowest BCUT2D eigenvalue weighted by Gasteiger charge is -2.07. The molecule has 1 aromatic heterocycles. The van der Waals surface area contributed by atoms with E-state index in [1.807, 2.05) is 18.2 Å². The molecule has 0 atom stereocenters. The van der Waals surface area contributed by atoms with Crippen LogP contribution in [-0.2, 0) is 0 Å². The number of nitrogens with one attached hydrogen (secondary N) is 1. The molecule has 0 saturated carbocycles. The van der Waals surface area contributed by atoms with Crippen LogP contribution in [0, 0.1) is 18.3 Å². The topological polar surface area (TPSA) is 61.6 Å². The van der Waals surface area contributed by atoms with E-state index in [9.17, 15) is 0 Å². The Balaban J connectivity index is 2.36. The lowest BCUT2D eigenvalue weighted by atomic mass is 10.3. The summed E-state index contributed by atoms with van der Waals surface area (Å²) in [6.45, 7) is 1.77. The number of aromatic nitrogens is 2. The van der Waals surface area contributed by atoms with Gasteiger partial charge in [0.15, 0.2) is 5.82 Å². The summed E-state index contributed by atoms with van der Waals surface area (Å²) in [5.74, 6) is 1.09. The Kier molecular flexibility index (Phi) is 3.22. The van der Waals surface area contributed by atoms with Crippen molar-refractivity contribution in [1.29, 1.82) is 5.26 Å². The molecule has 0 aliphatic rings. The van der Waals surface area contributed by atoms with E-state index in [0.717, 1.165) is 5.69 Å². The molecule has 0 unspecified atom stereocenters. The Bertz CT molecular complexity index is 589. The van der Waals surface area contributed by atoms with Gasteiger partial charge in [-0.2, -0.15) is 5.26 Å². The largest absolute Gasteiger partial charge is 0.339 e. The van der Waals surface area contributed by atoms with Gasteiger partial charge in [0, 0.05) is 10.7 Å². The lowest BCUT2D eigenvalue weighted by molar-refractivity contribution is 1.05. The van der Waals surface area contributed by atoms with Crippen molar-refractivity contribution in [3.05, 3.63) is 46.9 Å². The Hall–Kier alpha value is -2.12. The molecule has 4 nitrogen and oxygen atoms in total. The third-order valence-corrected chi connectivity index (χ3v) is 2.35. The second kappa shape index (κ2) is 4.81. The monoisotopic (exact) mass is 244 g/mol. The molecule has 5 heteroatoms. The van der Waals surface area contributed by atoms with E-state index in [2.05, 4.69) is 15.3 Å². The molecule has 0 aliphatic heterocycles. The first-order valence-electron chi connectivity index (χ1n) is 4.95. The van der Waals surface area contributed by atoms with Gasteiger partial charge in [0.1, 0.15) is 17.5 Å². The third kappa shape index (κ3) is 2.71. The van der Waals surface area contributed by atoms with E-state index >= 15 is 0 Å². The average Bonchev–Trinajstić information content (AvgIpc) is 2.29. The fraction of sp³-hybridized carbons (Fsp3) is 0.0833. The zero-order valence-electron chi connectivity index (χ0n) is 9.11. The van der Waals surface area contributed by atoms with Crippen molar-refractivity contribution in [2.45, 2.75) is 6.92 Å². The SMILES string of the molecule is Cc1ncc(C#N)c(Nc2cccc(Cl)c2)n1. The average molecular weight is 245 g/mol. The van der Waals surface area contributed by atoms with Gasteiger partial charge in [-0.05, 0) is 25.1 Å². The van der Waals surface area contributed by atoms with Gasteiger partial charge >= 0.3 is 0 Å². The van der Waals surface area contributed by atoms with Crippen LogP contribution in [0.2, 0.25) is 5.02 Å². The van der Waals surface area contributed by atoms with Crippen molar-refractivity contribution in [3.63, 3.8) is 0 Å². The first kappa shape index (κ1) is 11.4. The molecule has 0 fully saturated rings. The molecule has 2 aromatic rings. The molecule has 1 N–H and O–H groups in total. The van der Waals surface area contributed by atoms with Gasteiger partial charge in [-0.1, -0.05) is 17.7 Å². The van der Waals surface area contributed by atoms with E-state index in [1.165, 1.54) is 6.20 Å². The number of hydrogen-bond donors (Lipinski definition) is 1. The molecule has 1 heterocycles. The first-order chi connectivity index (χ1) is 8.19. The van der Waals surface area contributed by atoms with Crippen molar-refractivity contribution in [3.8, 4) is 6.07 Å². The van der Waals surface area contributed by atoms with Crippen LogP contribution in [0.5, 0.6) is 0 Å². The molecular formula is C12H9ClN4. The maximum atomic E-state index is 8.95. The molecule has 1 aromatic carbocycles. The molecule has 0 bridgehead atoms. The number of rotatable bonds is 2. The minimum absolute atomic E-state index is 0.399. The zero-order valence-corrected chi connectivity index (χ0v) is 9.86. The summed E-state index contributed by atoms with van der Waals surface area (Å²) in [5, 5.41) is 12.6. The predicted molar refractivity (Wildman–Crippen MR) is 66.2 cm³/mol. The third-order valence-electron chi connectivity index (χ3n) is 2.12. The molecule has 17 heavy (non-hydrogen) atoms. The van der Waals surface area contributed by atoms with Crippen LogP contribution in [0.1, 0.15) is 11.4 Å².